The van der Waals surface area contributed by atoms with Gasteiger partial charge < -0.3 is 19.1 Å². The van der Waals surface area contributed by atoms with Crippen molar-refractivity contribution in [3.05, 3.63) is 71.8 Å². The summed E-state index contributed by atoms with van der Waals surface area (Å²) < 4.78 is 16.8. The third-order valence-electron chi connectivity index (χ3n) is 5.80. The van der Waals surface area contributed by atoms with Crippen LogP contribution in [0.3, 0.4) is 0 Å². The number of nitrogens with zero attached hydrogens (tertiary/aromatic N) is 2. The van der Waals surface area contributed by atoms with Crippen LogP contribution < -0.4 is 14.4 Å². The summed E-state index contributed by atoms with van der Waals surface area (Å²) in [6.07, 6.45) is -0.00192. The summed E-state index contributed by atoms with van der Waals surface area (Å²) >= 11 is 0. The summed E-state index contributed by atoms with van der Waals surface area (Å²) in [6, 6.07) is 20.8. The van der Waals surface area contributed by atoms with E-state index in [0.717, 1.165) is 41.3 Å². The van der Waals surface area contributed by atoms with Gasteiger partial charge in [-0.2, -0.15) is 0 Å². The number of morpholine rings is 1. The van der Waals surface area contributed by atoms with Gasteiger partial charge in [-0.25, -0.2) is 4.98 Å². The van der Waals surface area contributed by atoms with Gasteiger partial charge in [-0.05, 0) is 35.2 Å². The Morgan fingerprint density at radius 2 is 1.68 bits per heavy atom. The topological polar surface area (TPSA) is 43.8 Å². The molecule has 0 radical (unpaired) electrons. The second-order valence-corrected chi connectivity index (χ2v) is 8.08. The van der Waals surface area contributed by atoms with E-state index in [1.165, 1.54) is 5.56 Å². The van der Waals surface area contributed by atoms with Crippen LogP contribution in [0.2, 0.25) is 0 Å². The van der Waals surface area contributed by atoms with Gasteiger partial charge in [0.2, 0.25) is 5.88 Å². The molecule has 1 aliphatic heterocycles. The van der Waals surface area contributed by atoms with Gasteiger partial charge in [0, 0.05) is 24.7 Å². The standard InChI is InChI=1S/C26H30N2O3/c1-18(2)19-5-7-21(8-6-19)26-23(13-14-25(27-26)30-4)28-15-16-31-24(17-28)20-9-11-22(29-3)12-10-20/h5-14,18,24H,15-17H2,1-4H3. The number of hydrogen-bond donors (Lipinski definition) is 0. The molecule has 3 aromatic rings. The average Bonchev–Trinajstić information content (AvgIpc) is 2.84. The molecule has 1 aromatic heterocycles. The minimum atomic E-state index is -0.00192. The predicted octanol–water partition coefficient (Wildman–Crippen LogP) is 5.47. The Labute approximate surface area is 184 Å². The molecule has 2 heterocycles. The molecule has 0 amide bonds. The Morgan fingerprint density at radius 3 is 2.32 bits per heavy atom. The molecule has 1 saturated heterocycles. The molecule has 0 bridgehead atoms. The van der Waals surface area contributed by atoms with Crippen molar-refractivity contribution in [1.29, 1.82) is 0 Å². The third kappa shape index (κ3) is 4.67. The van der Waals surface area contributed by atoms with Crippen LogP contribution in [0.25, 0.3) is 11.3 Å². The lowest BCUT2D eigenvalue weighted by Gasteiger charge is -2.35. The SMILES string of the molecule is COc1ccc(C2CN(c3ccc(OC)nc3-c3ccc(C(C)C)cc3)CCO2)cc1. The highest BCUT2D eigenvalue weighted by atomic mass is 16.5. The maximum Gasteiger partial charge on any atom is 0.213 e. The maximum absolute atomic E-state index is 6.09. The summed E-state index contributed by atoms with van der Waals surface area (Å²) in [7, 11) is 3.34. The number of pyridine rings is 1. The summed E-state index contributed by atoms with van der Waals surface area (Å²) in [4.78, 5) is 7.17. The molecule has 2 aromatic carbocycles. The largest absolute Gasteiger partial charge is 0.497 e. The Kier molecular flexibility index (Phi) is 6.42. The molecule has 0 spiro atoms. The van der Waals surface area contributed by atoms with Crippen LogP contribution in [-0.2, 0) is 4.74 Å². The van der Waals surface area contributed by atoms with E-state index < -0.39 is 0 Å². The minimum absolute atomic E-state index is 0.00192. The van der Waals surface area contributed by atoms with Gasteiger partial charge in [0.1, 0.15) is 11.9 Å². The van der Waals surface area contributed by atoms with Crippen LogP contribution >= 0.6 is 0 Å². The number of aromatic nitrogens is 1. The maximum atomic E-state index is 6.09. The summed E-state index contributed by atoms with van der Waals surface area (Å²) in [5.41, 5.74) is 5.59. The van der Waals surface area contributed by atoms with Gasteiger partial charge in [0.15, 0.2) is 0 Å². The van der Waals surface area contributed by atoms with Crippen LogP contribution in [-0.4, -0.2) is 38.9 Å². The number of anilines is 1. The quantitative estimate of drug-likeness (QED) is 0.531. The van der Waals surface area contributed by atoms with Crippen LogP contribution in [0.5, 0.6) is 11.6 Å². The van der Waals surface area contributed by atoms with E-state index >= 15 is 0 Å². The summed E-state index contributed by atoms with van der Waals surface area (Å²) in [6.45, 7) is 6.65. The Morgan fingerprint density at radius 1 is 0.935 bits per heavy atom. The molecule has 162 valence electrons. The second kappa shape index (κ2) is 9.40. The number of rotatable bonds is 6. The molecule has 5 heteroatoms. The molecule has 4 rings (SSSR count). The second-order valence-electron chi connectivity index (χ2n) is 8.08. The van der Waals surface area contributed by atoms with Crippen molar-refractivity contribution in [3.63, 3.8) is 0 Å². The lowest BCUT2D eigenvalue weighted by Crippen LogP contribution is -2.38. The van der Waals surface area contributed by atoms with Crippen molar-refractivity contribution in [1.82, 2.24) is 4.98 Å². The molecule has 1 aliphatic rings. The van der Waals surface area contributed by atoms with Crippen molar-refractivity contribution < 1.29 is 14.2 Å². The third-order valence-corrected chi connectivity index (χ3v) is 5.80. The highest BCUT2D eigenvalue weighted by Gasteiger charge is 2.25. The van der Waals surface area contributed by atoms with Crippen LogP contribution in [0.15, 0.2) is 60.7 Å². The molecular weight excluding hydrogens is 388 g/mol. The van der Waals surface area contributed by atoms with Crippen LogP contribution in [0.4, 0.5) is 5.69 Å². The summed E-state index contributed by atoms with van der Waals surface area (Å²) in [5.74, 6) is 1.96. The monoisotopic (exact) mass is 418 g/mol. The molecule has 0 N–H and O–H groups in total. The van der Waals surface area contributed by atoms with Crippen molar-refractivity contribution in [3.8, 4) is 22.9 Å². The Hall–Kier alpha value is -3.05. The molecular formula is C26H30N2O3. The number of methoxy groups -OCH3 is 2. The fraction of sp³-hybridized carbons (Fsp3) is 0.346. The average molecular weight is 419 g/mol. The number of ether oxygens (including phenoxy) is 3. The predicted molar refractivity (Wildman–Crippen MR) is 124 cm³/mol. The molecule has 1 fully saturated rings. The van der Waals surface area contributed by atoms with Gasteiger partial charge in [-0.3, -0.25) is 0 Å². The Balaban J connectivity index is 1.64. The smallest absolute Gasteiger partial charge is 0.213 e. The molecule has 0 saturated carbocycles. The van der Waals surface area contributed by atoms with Gasteiger partial charge in [0.25, 0.3) is 0 Å². The van der Waals surface area contributed by atoms with Gasteiger partial charge in [-0.15, -0.1) is 0 Å². The fourth-order valence-electron chi connectivity index (χ4n) is 3.93. The summed E-state index contributed by atoms with van der Waals surface area (Å²) in [5, 5.41) is 0. The van der Waals surface area contributed by atoms with E-state index in [-0.39, 0.29) is 6.10 Å². The lowest BCUT2D eigenvalue weighted by atomic mass is 9.99. The zero-order chi connectivity index (χ0) is 21.8. The van der Waals surface area contributed by atoms with Crippen molar-refractivity contribution >= 4 is 5.69 Å². The van der Waals surface area contributed by atoms with E-state index in [1.54, 1.807) is 14.2 Å². The highest BCUT2D eigenvalue weighted by molar-refractivity contribution is 5.76. The van der Waals surface area contributed by atoms with Crippen molar-refractivity contribution in [2.45, 2.75) is 25.9 Å². The molecule has 31 heavy (non-hydrogen) atoms. The molecule has 1 atom stereocenters. The van der Waals surface area contributed by atoms with E-state index in [2.05, 4.69) is 61.2 Å². The van der Waals surface area contributed by atoms with E-state index in [4.69, 9.17) is 19.2 Å². The molecule has 1 unspecified atom stereocenters. The number of hydrogen-bond acceptors (Lipinski definition) is 5. The highest BCUT2D eigenvalue weighted by Crippen LogP contribution is 2.35. The van der Waals surface area contributed by atoms with E-state index in [0.29, 0.717) is 18.4 Å². The zero-order valence-corrected chi connectivity index (χ0v) is 18.7. The normalized spacial score (nSPS) is 16.4. The van der Waals surface area contributed by atoms with Crippen molar-refractivity contribution in [2.75, 3.05) is 38.8 Å². The van der Waals surface area contributed by atoms with E-state index in [9.17, 15) is 0 Å². The molecule has 5 nitrogen and oxygen atoms in total. The fourth-order valence-corrected chi connectivity index (χ4v) is 3.93. The first-order chi connectivity index (χ1) is 15.1. The van der Waals surface area contributed by atoms with Gasteiger partial charge >= 0.3 is 0 Å². The first-order valence-electron chi connectivity index (χ1n) is 10.7. The van der Waals surface area contributed by atoms with Crippen LogP contribution in [0.1, 0.15) is 37.0 Å². The van der Waals surface area contributed by atoms with E-state index in [1.807, 2.05) is 18.2 Å². The lowest BCUT2D eigenvalue weighted by molar-refractivity contribution is 0.0398. The van der Waals surface area contributed by atoms with Gasteiger partial charge in [-0.1, -0.05) is 50.2 Å². The van der Waals surface area contributed by atoms with Crippen molar-refractivity contribution in [2.24, 2.45) is 0 Å². The zero-order valence-electron chi connectivity index (χ0n) is 18.7. The Bertz CT molecular complexity index is 1000. The van der Waals surface area contributed by atoms with Gasteiger partial charge in [0.05, 0.1) is 32.2 Å². The first kappa shape index (κ1) is 21.2. The first-order valence-corrected chi connectivity index (χ1v) is 10.7. The number of benzene rings is 2. The minimum Gasteiger partial charge on any atom is -0.497 e. The van der Waals surface area contributed by atoms with Crippen LogP contribution in [0, 0.1) is 0 Å². The molecule has 0 aliphatic carbocycles.